The fourth-order valence-electron chi connectivity index (χ4n) is 3.91. The standard InChI is InChI=1S/C27H24N6O/c1-20-8-5-6-13-24(20)26-25(17-33(31-26)23-11-3-2-4-12-23)27(34)29-15-21-9-7-10-22(14-21)16-32-19-28-18-30-32/h2-14,17-19H,15-16H2,1H3,(H,29,34). The molecular formula is C27H24N6O. The highest BCUT2D eigenvalue weighted by Crippen LogP contribution is 2.26. The molecule has 3 aromatic carbocycles. The summed E-state index contributed by atoms with van der Waals surface area (Å²) in [6, 6.07) is 25.9. The predicted molar refractivity (Wildman–Crippen MR) is 130 cm³/mol. The number of carbonyl (C=O) groups excluding carboxylic acids is 1. The maximum absolute atomic E-state index is 13.3. The van der Waals surface area contributed by atoms with E-state index < -0.39 is 0 Å². The van der Waals surface area contributed by atoms with Crippen LogP contribution >= 0.6 is 0 Å². The molecule has 0 unspecified atom stereocenters. The fraction of sp³-hybridized carbons (Fsp3) is 0.111. The normalized spacial score (nSPS) is 10.9. The quantitative estimate of drug-likeness (QED) is 0.400. The molecule has 0 aliphatic carbocycles. The van der Waals surface area contributed by atoms with E-state index in [9.17, 15) is 4.79 Å². The minimum absolute atomic E-state index is 0.165. The first-order chi connectivity index (χ1) is 16.7. The van der Waals surface area contributed by atoms with Gasteiger partial charge in [-0.2, -0.15) is 10.2 Å². The van der Waals surface area contributed by atoms with Gasteiger partial charge in [-0.25, -0.2) is 14.3 Å². The van der Waals surface area contributed by atoms with Gasteiger partial charge in [-0.15, -0.1) is 0 Å². The Morgan fingerprint density at radius 1 is 0.941 bits per heavy atom. The number of aryl methyl sites for hydroxylation is 1. The van der Waals surface area contributed by atoms with Crippen LogP contribution in [0.5, 0.6) is 0 Å². The molecule has 1 amide bonds. The molecule has 2 aromatic heterocycles. The number of amides is 1. The van der Waals surface area contributed by atoms with Crippen molar-refractivity contribution in [3.63, 3.8) is 0 Å². The van der Waals surface area contributed by atoms with Gasteiger partial charge in [-0.3, -0.25) is 4.79 Å². The lowest BCUT2D eigenvalue weighted by Gasteiger charge is -2.09. The SMILES string of the molecule is Cc1ccccc1-c1nn(-c2ccccc2)cc1C(=O)NCc1cccc(Cn2cncn2)c1. The molecule has 2 heterocycles. The van der Waals surface area contributed by atoms with Crippen LogP contribution in [-0.4, -0.2) is 30.5 Å². The Bertz CT molecular complexity index is 1410. The molecule has 0 saturated heterocycles. The number of nitrogens with one attached hydrogen (secondary N) is 1. The Labute approximate surface area is 197 Å². The molecule has 168 valence electrons. The summed E-state index contributed by atoms with van der Waals surface area (Å²) in [4.78, 5) is 17.3. The zero-order chi connectivity index (χ0) is 23.3. The van der Waals surface area contributed by atoms with Crippen molar-refractivity contribution in [1.82, 2.24) is 29.9 Å². The van der Waals surface area contributed by atoms with Crippen LogP contribution in [0.4, 0.5) is 0 Å². The van der Waals surface area contributed by atoms with Crippen molar-refractivity contribution in [1.29, 1.82) is 0 Å². The lowest BCUT2D eigenvalue weighted by atomic mass is 10.0. The highest BCUT2D eigenvalue weighted by molar-refractivity contribution is 6.00. The van der Waals surface area contributed by atoms with Crippen LogP contribution in [0.3, 0.4) is 0 Å². The molecule has 1 N–H and O–H groups in total. The minimum Gasteiger partial charge on any atom is -0.348 e. The molecule has 0 radical (unpaired) electrons. The largest absolute Gasteiger partial charge is 0.348 e. The first-order valence-electron chi connectivity index (χ1n) is 11.1. The van der Waals surface area contributed by atoms with Gasteiger partial charge in [0.15, 0.2) is 0 Å². The van der Waals surface area contributed by atoms with Crippen LogP contribution in [0.1, 0.15) is 27.0 Å². The summed E-state index contributed by atoms with van der Waals surface area (Å²) < 4.78 is 3.53. The average Bonchev–Trinajstić information content (AvgIpc) is 3.54. The van der Waals surface area contributed by atoms with Gasteiger partial charge >= 0.3 is 0 Å². The van der Waals surface area contributed by atoms with Crippen molar-refractivity contribution < 1.29 is 4.79 Å². The molecule has 0 fully saturated rings. The average molecular weight is 449 g/mol. The number of para-hydroxylation sites is 1. The smallest absolute Gasteiger partial charge is 0.255 e. The highest BCUT2D eigenvalue weighted by Gasteiger charge is 2.19. The third kappa shape index (κ3) is 4.63. The van der Waals surface area contributed by atoms with E-state index in [1.165, 1.54) is 6.33 Å². The molecule has 7 nitrogen and oxygen atoms in total. The van der Waals surface area contributed by atoms with E-state index in [2.05, 4.69) is 21.5 Å². The van der Waals surface area contributed by atoms with Gasteiger partial charge in [0.1, 0.15) is 18.3 Å². The summed E-state index contributed by atoms with van der Waals surface area (Å²) in [5, 5.41) is 12.0. The molecule has 5 aromatic rings. The van der Waals surface area contributed by atoms with Crippen LogP contribution in [0.25, 0.3) is 16.9 Å². The Morgan fingerprint density at radius 3 is 2.53 bits per heavy atom. The highest BCUT2D eigenvalue weighted by atomic mass is 16.1. The molecule has 0 saturated carbocycles. The molecule has 0 bridgehead atoms. The van der Waals surface area contributed by atoms with Crippen molar-refractivity contribution in [2.75, 3.05) is 0 Å². The summed E-state index contributed by atoms with van der Waals surface area (Å²) in [6.45, 7) is 3.07. The van der Waals surface area contributed by atoms with Crippen LogP contribution in [0.15, 0.2) is 97.7 Å². The maximum atomic E-state index is 13.3. The van der Waals surface area contributed by atoms with Crippen molar-refractivity contribution in [2.24, 2.45) is 0 Å². The number of nitrogens with zero attached hydrogens (tertiary/aromatic N) is 5. The summed E-state index contributed by atoms with van der Waals surface area (Å²) in [5.41, 5.74) is 6.22. The number of aromatic nitrogens is 5. The topological polar surface area (TPSA) is 77.6 Å². The van der Waals surface area contributed by atoms with Crippen molar-refractivity contribution in [3.05, 3.63) is 120 Å². The lowest BCUT2D eigenvalue weighted by Crippen LogP contribution is -2.23. The Kier molecular flexibility index (Phi) is 5.99. The summed E-state index contributed by atoms with van der Waals surface area (Å²) >= 11 is 0. The van der Waals surface area contributed by atoms with E-state index in [0.29, 0.717) is 24.3 Å². The zero-order valence-electron chi connectivity index (χ0n) is 18.8. The zero-order valence-corrected chi connectivity index (χ0v) is 18.8. The molecule has 7 heteroatoms. The Balaban J connectivity index is 1.40. The van der Waals surface area contributed by atoms with Gasteiger partial charge < -0.3 is 5.32 Å². The Morgan fingerprint density at radius 2 is 1.74 bits per heavy atom. The summed E-state index contributed by atoms with van der Waals surface area (Å²) in [6.07, 6.45) is 5.01. The van der Waals surface area contributed by atoms with E-state index in [0.717, 1.165) is 27.9 Å². The molecule has 0 aliphatic heterocycles. The fourth-order valence-corrected chi connectivity index (χ4v) is 3.91. The number of benzene rings is 3. The van der Waals surface area contributed by atoms with Gasteiger partial charge in [0.2, 0.25) is 0 Å². The van der Waals surface area contributed by atoms with Crippen LogP contribution in [0.2, 0.25) is 0 Å². The first kappa shape index (κ1) is 21.3. The minimum atomic E-state index is -0.165. The van der Waals surface area contributed by atoms with Crippen LogP contribution in [-0.2, 0) is 13.1 Å². The molecular weight excluding hydrogens is 424 g/mol. The van der Waals surface area contributed by atoms with E-state index in [4.69, 9.17) is 5.10 Å². The lowest BCUT2D eigenvalue weighted by molar-refractivity contribution is 0.0951. The van der Waals surface area contributed by atoms with Crippen molar-refractivity contribution in [2.45, 2.75) is 20.0 Å². The van der Waals surface area contributed by atoms with Crippen molar-refractivity contribution >= 4 is 5.91 Å². The van der Waals surface area contributed by atoms with E-state index in [1.807, 2.05) is 79.7 Å². The Hall–Kier alpha value is -4.52. The van der Waals surface area contributed by atoms with E-state index in [-0.39, 0.29) is 5.91 Å². The maximum Gasteiger partial charge on any atom is 0.255 e. The monoisotopic (exact) mass is 448 g/mol. The third-order valence-corrected chi connectivity index (χ3v) is 5.64. The molecule has 0 spiro atoms. The second-order valence-electron chi connectivity index (χ2n) is 8.08. The number of rotatable bonds is 7. The van der Waals surface area contributed by atoms with Gasteiger partial charge in [0.05, 0.1) is 17.8 Å². The second-order valence-corrected chi connectivity index (χ2v) is 8.08. The van der Waals surface area contributed by atoms with Crippen LogP contribution in [0, 0.1) is 6.92 Å². The van der Waals surface area contributed by atoms with Gasteiger partial charge in [0.25, 0.3) is 5.91 Å². The first-order valence-corrected chi connectivity index (χ1v) is 11.1. The molecule has 0 aliphatic rings. The summed E-state index contributed by atoms with van der Waals surface area (Å²) in [7, 11) is 0. The van der Waals surface area contributed by atoms with Gasteiger partial charge in [-0.05, 0) is 35.7 Å². The second kappa shape index (κ2) is 9.54. The third-order valence-electron chi connectivity index (χ3n) is 5.64. The number of hydrogen-bond acceptors (Lipinski definition) is 4. The number of hydrogen-bond donors (Lipinski definition) is 1. The van der Waals surface area contributed by atoms with E-state index >= 15 is 0 Å². The van der Waals surface area contributed by atoms with Crippen molar-refractivity contribution in [3.8, 4) is 16.9 Å². The molecule has 34 heavy (non-hydrogen) atoms. The van der Waals surface area contributed by atoms with Crippen LogP contribution < -0.4 is 5.32 Å². The van der Waals surface area contributed by atoms with Gasteiger partial charge in [0, 0.05) is 18.3 Å². The summed E-state index contributed by atoms with van der Waals surface area (Å²) in [5.74, 6) is -0.165. The number of carbonyl (C=O) groups is 1. The molecule has 5 rings (SSSR count). The predicted octanol–water partition coefficient (Wildman–Crippen LogP) is 4.42. The van der Waals surface area contributed by atoms with Gasteiger partial charge in [-0.1, -0.05) is 66.7 Å². The molecule has 0 atom stereocenters. The van der Waals surface area contributed by atoms with E-state index in [1.54, 1.807) is 21.9 Å².